The zero-order valence-electron chi connectivity index (χ0n) is 14.0. The molecule has 2 aromatic rings. The lowest BCUT2D eigenvalue weighted by molar-refractivity contribution is -0.137. The molecule has 1 N–H and O–H groups in total. The van der Waals surface area contributed by atoms with Crippen molar-refractivity contribution in [1.29, 1.82) is 0 Å². The van der Waals surface area contributed by atoms with Gasteiger partial charge in [0.15, 0.2) is 0 Å². The van der Waals surface area contributed by atoms with Crippen LogP contribution in [0.2, 0.25) is 0 Å². The van der Waals surface area contributed by atoms with Crippen LogP contribution in [0, 0.1) is 6.92 Å². The number of halogens is 3. The lowest BCUT2D eigenvalue weighted by atomic mass is 10.1. The van der Waals surface area contributed by atoms with E-state index in [4.69, 9.17) is 0 Å². The molecular formula is C19H19F3N2O. The number of aryl methyl sites for hydroxylation is 1. The second-order valence-electron chi connectivity index (χ2n) is 5.84. The van der Waals surface area contributed by atoms with E-state index in [1.165, 1.54) is 12.1 Å². The number of carbonyl (C=O) groups excluding carboxylic acids is 1. The number of hydrogen-bond donors (Lipinski definition) is 1. The second-order valence-corrected chi connectivity index (χ2v) is 5.84. The number of aliphatic imine (C=N–C) groups is 1. The van der Waals surface area contributed by atoms with Gasteiger partial charge < -0.3 is 5.32 Å². The molecule has 3 nitrogen and oxygen atoms in total. The van der Waals surface area contributed by atoms with Gasteiger partial charge >= 0.3 is 6.18 Å². The van der Waals surface area contributed by atoms with Gasteiger partial charge in [0.05, 0.1) is 18.5 Å². The van der Waals surface area contributed by atoms with Crippen molar-refractivity contribution in [3.8, 4) is 0 Å². The molecule has 2 aromatic carbocycles. The molecule has 0 radical (unpaired) electrons. The molecule has 1 amide bonds. The fourth-order valence-electron chi connectivity index (χ4n) is 2.19. The van der Waals surface area contributed by atoms with Crippen molar-refractivity contribution in [2.45, 2.75) is 33.0 Å². The normalized spacial score (nSPS) is 12.1. The first kappa shape index (κ1) is 18.7. The largest absolute Gasteiger partial charge is 0.416 e. The maximum atomic E-state index is 12.7. The maximum absolute atomic E-state index is 12.7. The molecule has 0 aliphatic rings. The van der Waals surface area contributed by atoms with E-state index in [2.05, 4.69) is 10.3 Å². The summed E-state index contributed by atoms with van der Waals surface area (Å²) in [5.74, 6) is -0.399. The summed E-state index contributed by atoms with van der Waals surface area (Å²) in [5.41, 5.74) is 2.12. The van der Waals surface area contributed by atoms with E-state index in [1.54, 1.807) is 6.92 Å². The van der Waals surface area contributed by atoms with Gasteiger partial charge in [-0.2, -0.15) is 13.2 Å². The molecule has 0 spiro atoms. The Bertz CT molecular complexity index is 765. The van der Waals surface area contributed by atoms with Crippen LogP contribution >= 0.6 is 0 Å². The molecule has 0 saturated carbocycles. The Morgan fingerprint density at radius 1 is 1.12 bits per heavy atom. The highest BCUT2D eigenvalue weighted by molar-refractivity contribution is 6.05. The average Bonchev–Trinajstić information content (AvgIpc) is 2.53. The van der Waals surface area contributed by atoms with Crippen molar-refractivity contribution < 1.29 is 18.0 Å². The third kappa shape index (κ3) is 6.06. The van der Waals surface area contributed by atoms with E-state index in [0.717, 1.165) is 23.3 Å². The van der Waals surface area contributed by atoms with Crippen molar-refractivity contribution in [2.75, 3.05) is 5.32 Å². The minimum atomic E-state index is -4.44. The predicted molar refractivity (Wildman–Crippen MR) is 92.7 cm³/mol. The molecule has 0 fully saturated rings. The van der Waals surface area contributed by atoms with Crippen LogP contribution in [0.1, 0.15) is 30.0 Å². The van der Waals surface area contributed by atoms with Gasteiger partial charge in [-0.25, -0.2) is 0 Å². The van der Waals surface area contributed by atoms with Gasteiger partial charge in [0, 0.05) is 11.4 Å². The highest BCUT2D eigenvalue weighted by Gasteiger charge is 2.30. The zero-order valence-corrected chi connectivity index (χ0v) is 14.0. The van der Waals surface area contributed by atoms with Gasteiger partial charge in [-0.3, -0.25) is 9.79 Å². The highest BCUT2D eigenvalue weighted by atomic mass is 19.4. The van der Waals surface area contributed by atoms with Crippen molar-refractivity contribution >= 4 is 17.3 Å². The van der Waals surface area contributed by atoms with E-state index in [1.807, 2.05) is 31.2 Å². The van der Waals surface area contributed by atoms with Gasteiger partial charge in [0.1, 0.15) is 0 Å². The molecule has 25 heavy (non-hydrogen) atoms. The summed E-state index contributed by atoms with van der Waals surface area (Å²) in [5, 5.41) is 2.47. The topological polar surface area (TPSA) is 41.5 Å². The molecule has 2 rings (SSSR count). The lowest BCUT2D eigenvalue weighted by Gasteiger charge is -2.10. The first-order valence-corrected chi connectivity index (χ1v) is 7.76. The van der Waals surface area contributed by atoms with E-state index >= 15 is 0 Å². The molecule has 0 aromatic heterocycles. The first-order valence-electron chi connectivity index (χ1n) is 7.76. The third-order valence-corrected chi connectivity index (χ3v) is 3.54. The van der Waals surface area contributed by atoms with Gasteiger partial charge in [0.25, 0.3) is 0 Å². The standard InChI is InChI=1S/C19H19F3N2O/c1-13-6-8-15(9-7-13)12-23-14(2)10-18(25)24-17-5-3-4-16(11-17)19(20,21)22/h3-9,11H,10,12H2,1-2H3,(H,24,25). The minimum Gasteiger partial charge on any atom is -0.326 e. The summed E-state index contributed by atoms with van der Waals surface area (Å²) in [4.78, 5) is 16.3. The number of amides is 1. The number of nitrogens with zero attached hydrogens (tertiary/aromatic N) is 1. The lowest BCUT2D eigenvalue weighted by Crippen LogP contribution is -2.16. The number of benzene rings is 2. The number of nitrogens with one attached hydrogen (secondary N) is 1. The summed E-state index contributed by atoms with van der Waals surface area (Å²) < 4.78 is 38.0. The van der Waals surface area contributed by atoms with Crippen LogP contribution in [0.25, 0.3) is 0 Å². The van der Waals surface area contributed by atoms with E-state index in [9.17, 15) is 18.0 Å². The highest BCUT2D eigenvalue weighted by Crippen LogP contribution is 2.30. The summed E-state index contributed by atoms with van der Waals surface area (Å²) in [6, 6.07) is 12.5. The second kappa shape index (κ2) is 7.96. The molecule has 0 aliphatic heterocycles. The Morgan fingerprint density at radius 3 is 2.44 bits per heavy atom. The Hall–Kier alpha value is -2.63. The zero-order chi connectivity index (χ0) is 18.4. The van der Waals surface area contributed by atoms with Gasteiger partial charge in [0.2, 0.25) is 5.91 Å². The summed E-state index contributed by atoms with van der Waals surface area (Å²) >= 11 is 0. The van der Waals surface area contributed by atoms with Crippen LogP contribution in [-0.2, 0) is 17.5 Å². The molecule has 0 atom stereocenters. The van der Waals surface area contributed by atoms with Crippen LogP contribution in [0.15, 0.2) is 53.5 Å². The van der Waals surface area contributed by atoms with Crippen molar-refractivity contribution in [3.63, 3.8) is 0 Å². The van der Waals surface area contributed by atoms with Gasteiger partial charge in [-0.1, -0.05) is 35.9 Å². The van der Waals surface area contributed by atoms with Crippen LogP contribution in [0.3, 0.4) is 0 Å². The number of carbonyl (C=O) groups is 1. The Kier molecular flexibility index (Phi) is 5.96. The fraction of sp³-hybridized carbons (Fsp3) is 0.263. The van der Waals surface area contributed by atoms with Crippen LogP contribution in [0.4, 0.5) is 18.9 Å². The first-order chi connectivity index (χ1) is 11.7. The monoisotopic (exact) mass is 348 g/mol. The molecule has 0 aliphatic carbocycles. The molecule has 0 bridgehead atoms. The molecule has 0 unspecified atom stereocenters. The van der Waals surface area contributed by atoms with Crippen molar-refractivity contribution in [3.05, 3.63) is 65.2 Å². The summed E-state index contributed by atoms with van der Waals surface area (Å²) in [7, 11) is 0. The van der Waals surface area contributed by atoms with Crippen LogP contribution in [0.5, 0.6) is 0 Å². The van der Waals surface area contributed by atoms with Crippen molar-refractivity contribution in [1.82, 2.24) is 0 Å². The Labute approximate surface area is 144 Å². The number of alkyl halides is 3. The number of hydrogen-bond acceptors (Lipinski definition) is 2. The van der Waals surface area contributed by atoms with Gasteiger partial charge in [-0.15, -0.1) is 0 Å². The molecule has 132 valence electrons. The third-order valence-electron chi connectivity index (χ3n) is 3.54. The SMILES string of the molecule is CC(CC(=O)Nc1cccc(C(F)(F)F)c1)=NCc1ccc(C)cc1. The van der Waals surface area contributed by atoms with Crippen LogP contribution < -0.4 is 5.32 Å². The Balaban J connectivity index is 1.93. The number of anilines is 1. The number of rotatable bonds is 5. The van der Waals surface area contributed by atoms with Crippen molar-refractivity contribution in [2.24, 2.45) is 4.99 Å². The molecule has 0 heterocycles. The van der Waals surface area contributed by atoms with Crippen LogP contribution in [-0.4, -0.2) is 11.6 Å². The van der Waals surface area contributed by atoms with E-state index < -0.39 is 17.6 Å². The molecule has 6 heteroatoms. The predicted octanol–water partition coefficient (Wildman–Crippen LogP) is 5.00. The van der Waals surface area contributed by atoms with Gasteiger partial charge in [-0.05, 0) is 37.6 Å². The average molecular weight is 348 g/mol. The fourth-order valence-corrected chi connectivity index (χ4v) is 2.19. The van der Waals surface area contributed by atoms with E-state index in [0.29, 0.717) is 12.3 Å². The maximum Gasteiger partial charge on any atom is 0.416 e. The summed E-state index contributed by atoms with van der Waals surface area (Å²) in [6.07, 6.45) is -4.41. The minimum absolute atomic E-state index is 0.0299. The molecular weight excluding hydrogens is 329 g/mol. The van der Waals surface area contributed by atoms with E-state index in [-0.39, 0.29) is 12.1 Å². The quantitative estimate of drug-likeness (QED) is 0.759. The Morgan fingerprint density at radius 2 is 1.80 bits per heavy atom. The summed E-state index contributed by atoms with van der Waals surface area (Å²) in [6.45, 7) is 4.18. The molecule has 0 saturated heterocycles. The smallest absolute Gasteiger partial charge is 0.326 e.